The lowest BCUT2D eigenvalue weighted by atomic mass is 9.99. The van der Waals surface area contributed by atoms with Crippen molar-refractivity contribution in [2.45, 2.75) is 254 Å². The topological polar surface area (TPSA) is 659 Å². The molecular weight excluding hydrogens is 1820 g/mol. The van der Waals surface area contributed by atoms with Crippen LogP contribution in [0.5, 0.6) is 5.75 Å². The number of rotatable bonds is 28. The smallest absolute Gasteiger partial charge is 0.323 e. The SMILES string of the molecule is CCCC[C@H]1C(=O)N(C)[C@@H](CCCC)C(=O)N[C@@H](CC(C)C)C(=O)N[C@H](C(=O)NCC(N)=O)CSCC(=O)N[C@@H](Cc2ccc(O)cc2)C(=O)N(C)[C@@H](C)C(=O)N[C@@H](CC(N)=O)C(=O)N2CCC[C@H]2C(=O)N[C@@H](CC2=CN=CC2)C(=O)N[C@@H](CCC(N)=O)C(=O)N2C[C@H](O)C[C@H]2C(=O)N[C@@H](Cc2c[nH]c3ccccc23)C(=O)N[C@@H](CCN)C(=O)N[C@@H](Cc2cn(CC(=O)O)c3ccccc23)C(=O)N1C. The van der Waals surface area contributed by atoms with Crippen LogP contribution < -0.4 is 76.1 Å². The Hall–Kier alpha value is -13.9. The number of amides is 18. The molecule has 0 radical (unpaired) electrons. The first-order valence-corrected chi connectivity index (χ1v) is 47.8. The first-order chi connectivity index (χ1) is 66.1. The summed E-state index contributed by atoms with van der Waals surface area (Å²) in [6, 6.07) is -3.00. The molecule has 754 valence electrons. The lowest BCUT2D eigenvalue weighted by molar-refractivity contribution is -0.149. The summed E-state index contributed by atoms with van der Waals surface area (Å²) in [5.41, 5.74) is 25.9. The van der Waals surface area contributed by atoms with Crippen molar-refractivity contribution in [3.63, 3.8) is 0 Å². The lowest BCUT2D eigenvalue weighted by Crippen LogP contribution is -2.61. The van der Waals surface area contributed by atoms with Crippen molar-refractivity contribution < 1.29 is 106 Å². The van der Waals surface area contributed by atoms with Crippen LogP contribution >= 0.6 is 11.8 Å². The molecule has 22 N–H and O–H groups in total. The largest absolute Gasteiger partial charge is 0.508 e. The first kappa shape index (κ1) is 109. The number of nitrogens with one attached hydrogen (secondary N) is 11. The third-order valence-corrected chi connectivity index (χ3v) is 26.0. The van der Waals surface area contributed by atoms with Gasteiger partial charge in [0, 0.05) is 125 Å². The van der Waals surface area contributed by atoms with Crippen LogP contribution in [-0.4, -0.2) is 317 Å². The molecule has 15 atom stereocenters. The Bertz CT molecular complexity index is 5390. The van der Waals surface area contributed by atoms with Crippen LogP contribution in [0.4, 0.5) is 0 Å². The van der Waals surface area contributed by atoms with Gasteiger partial charge in [0.1, 0.15) is 96.9 Å². The fraction of sp³-hybridized carbons (Fsp3) is 0.532. The Kier molecular flexibility index (Phi) is 40.3. The monoisotopic (exact) mass is 1950 g/mol. The number of benzene rings is 3. The molecule has 2 aromatic heterocycles. The average molecular weight is 1950 g/mol. The quantitative estimate of drug-likeness (QED) is 0.0252. The summed E-state index contributed by atoms with van der Waals surface area (Å²) in [5, 5.41) is 59.5. The van der Waals surface area contributed by atoms with Crippen molar-refractivity contribution in [2.24, 2.45) is 33.8 Å². The van der Waals surface area contributed by atoms with Crippen molar-refractivity contribution in [2.75, 3.05) is 58.8 Å². The standard InChI is InChI=1S/C94H130N22O22S/c1-9-11-21-72-87(131)105-64(36-51(3)4)84(128)110-70(82(126)101-45-78(98)121)49-139-50-79(122)102-67(37-53-25-27-57(117)28-26-53)90(134)111(6)52(5)81(125)108-69(42-77(97)120)93(137)115-35-17-24-73(115)88(132)106-65(38-54-32-34-99-43-54)85(129)104-63(29-30-76(96)119)92(136)116-47-58(118)41-75(116)89(133)107-66(39-55-44-100-61-20-15-13-18-59(55)61)86(130)103-62(31-33-95)83(127)109-68(91(135)113(8)74(22-12-10-2)94(138)112(72)7)40-56-46-114(48-80(123)124)71-23-16-14-19-60(56)71/h13-16,18-20,23,25-28,34,43-44,46,51-52,58,62-70,72-75,100,117-118H,9-12,17,21-22,24,29-33,35-42,45,47-50,95H2,1-8H3,(H2,96,119)(H2,97,120)(H2,98,121)(H,101,126)(H,102,122)(H,103,130)(H,104,129)(H,105,131)(H,106,132)(H,107,133)(H,108,125)(H,109,127)(H,110,128)(H,123,124)/t52-,58+,62-,63-,64-,65-,66-,67-,68-,69-,70-,72-,73-,74-,75-/m0/s1. The summed E-state index contributed by atoms with van der Waals surface area (Å²) in [6.45, 7) is 6.16. The number of aliphatic imine (C=N–C) groups is 1. The van der Waals surface area contributed by atoms with Crippen molar-refractivity contribution in [3.8, 4) is 5.75 Å². The molecule has 9 rings (SSSR count). The maximum atomic E-state index is 16.0. The van der Waals surface area contributed by atoms with E-state index in [9.17, 15) is 68.1 Å². The molecule has 45 heteroatoms. The number of aliphatic hydroxyl groups excluding tert-OH is 1. The number of hydrogen-bond donors (Lipinski definition) is 18. The highest BCUT2D eigenvalue weighted by atomic mass is 32.2. The minimum absolute atomic E-state index is 0.00991. The van der Waals surface area contributed by atoms with E-state index in [0.717, 1.165) is 36.3 Å². The van der Waals surface area contributed by atoms with Crippen molar-refractivity contribution in [1.29, 1.82) is 0 Å². The number of carboxylic acid groups (broad SMARTS) is 1. The van der Waals surface area contributed by atoms with Gasteiger partial charge in [0.25, 0.3) is 0 Å². The van der Waals surface area contributed by atoms with E-state index >= 15 is 38.4 Å². The van der Waals surface area contributed by atoms with Gasteiger partial charge in [-0.05, 0) is 117 Å². The second kappa shape index (κ2) is 51.5. The number of aromatic amines is 1. The molecule has 0 saturated carbocycles. The normalized spacial score (nSPS) is 24.8. The molecule has 0 bridgehead atoms. The Morgan fingerprint density at radius 2 is 1.14 bits per heavy atom. The van der Waals surface area contributed by atoms with Gasteiger partial charge < -0.3 is 125 Å². The molecule has 3 saturated heterocycles. The summed E-state index contributed by atoms with van der Waals surface area (Å²) in [7, 11) is 3.88. The number of aromatic hydroxyl groups is 1. The van der Waals surface area contributed by atoms with E-state index in [1.807, 2.05) is 13.8 Å². The number of aliphatic hydroxyl groups is 1. The number of para-hydroxylation sites is 2. The molecule has 4 aliphatic rings. The number of primary amides is 3. The number of aromatic nitrogens is 2. The lowest BCUT2D eigenvalue weighted by Gasteiger charge is -2.36. The van der Waals surface area contributed by atoms with E-state index < -0.39 is 266 Å². The third kappa shape index (κ3) is 30.3. The molecule has 6 heterocycles. The predicted octanol–water partition coefficient (Wildman–Crippen LogP) is -2.23. The highest BCUT2D eigenvalue weighted by Crippen LogP contribution is 2.30. The number of phenols is 1. The molecular formula is C94H130N22O22S. The second-order valence-corrected chi connectivity index (χ2v) is 37.0. The van der Waals surface area contributed by atoms with E-state index in [4.69, 9.17) is 22.9 Å². The fourth-order valence-corrected chi connectivity index (χ4v) is 18.3. The molecule has 18 amide bonds. The number of likely N-dealkylation sites (N-methyl/N-ethyl adjacent to an activating group) is 3. The molecule has 4 aliphatic heterocycles. The summed E-state index contributed by atoms with van der Waals surface area (Å²) in [6.07, 6.45) is 2.31. The van der Waals surface area contributed by atoms with Gasteiger partial charge in [0.05, 0.1) is 24.8 Å². The zero-order valence-electron chi connectivity index (χ0n) is 79.3. The van der Waals surface area contributed by atoms with Gasteiger partial charge in [0.2, 0.25) is 106 Å². The van der Waals surface area contributed by atoms with Crippen molar-refractivity contribution >= 4 is 152 Å². The van der Waals surface area contributed by atoms with E-state index in [-0.39, 0.29) is 89.0 Å². The summed E-state index contributed by atoms with van der Waals surface area (Å²) >= 11 is 0.777. The van der Waals surface area contributed by atoms with Crippen LogP contribution in [-0.2, 0) is 117 Å². The number of carboxylic acids is 1. The maximum absolute atomic E-state index is 16.0. The van der Waals surface area contributed by atoms with Gasteiger partial charge in [-0.25, -0.2) is 0 Å². The number of carbonyl (C=O) groups excluding carboxylic acids is 18. The summed E-state index contributed by atoms with van der Waals surface area (Å²) in [4.78, 5) is 289. The minimum atomic E-state index is -1.81. The number of nitrogens with two attached hydrogens (primary N) is 4. The van der Waals surface area contributed by atoms with Gasteiger partial charge in [-0.1, -0.05) is 102 Å². The molecule has 0 spiro atoms. The van der Waals surface area contributed by atoms with Crippen molar-refractivity contribution in [1.82, 2.24) is 87.2 Å². The van der Waals surface area contributed by atoms with Gasteiger partial charge in [0.15, 0.2) is 0 Å². The Morgan fingerprint density at radius 3 is 1.78 bits per heavy atom. The number of H-pyrrole nitrogens is 1. The van der Waals surface area contributed by atoms with E-state index in [0.29, 0.717) is 69.8 Å². The summed E-state index contributed by atoms with van der Waals surface area (Å²) < 4.78 is 1.43. The molecule has 0 unspecified atom stereocenters. The minimum Gasteiger partial charge on any atom is -0.508 e. The number of fused-ring (bicyclic) bond motifs is 4. The van der Waals surface area contributed by atoms with Crippen LogP contribution in [0.25, 0.3) is 21.8 Å². The number of hydrogen-bond acceptors (Lipinski definition) is 24. The maximum Gasteiger partial charge on any atom is 0.323 e. The molecule has 5 aromatic rings. The van der Waals surface area contributed by atoms with E-state index in [1.165, 1.54) is 75.5 Å². The van der Waals surface area contributed by atoms with Crippen molar-refractivity contribution in [3.05, 3.63) is 114 Å². The number of carbonyl (C=O) groups is 19. The first-order valence-electron chi connectivity index (χ1n) is 46.6. The average Bonchev–Trinajstić information content (AvgIpc) is 1.66. The molecule has 3 fully saturated rings. The Balaban J connectivity index is 1.12. The van der Waals surface area contributed by atoms with Gasteiger partial charge in [-0.15, -0.1) is 11.8 Å². The molecule has 3 aromatic carbocycles. The Labute approximate surface area is 807 Å². The second-order valence-electron chi connectivity index (χ2n) is 36.0. The van der Waals surface area contributed by atoms with Crippen LogP contribution in [0.15, 0.2) is 102 Å². The van der Waals surface area contributed by atoms with E-state index in [1.54, 1.807) is 68.6 Å². The fourth-order valence-electron chi connectivity index (χ4n) is 17.4. The van der Waals surface area contributed by atoms with Crippen LogP contribution in [0, 0.1) is 5.92 Å². The number of aliphatic carboxylic acids is 1. The van der Waals surface area contributed by atoms with Crippen LogP contribution in [0.1, 0.15) is 154 Å². The Morgan fingerprint density at radius 1 is 0.568 bits per heavy atom. The van der Waals surface area contributed by atoms with Crippen LogP contribution in [0.3, 0.4) is 0 Å². The predicted molar refractivity (Wildman–Crippen MR) is 510 cm³/mol. The molecule has 139 heavy (non-hydrogen) atoms. The van der Waals surface area contributed by atoms with Gasteiger partial charge in [-0.3, -0.25) is 96.1 Å². The van der Waals surface area contributed by atoms with Gasteiger partial charge in [-0.2, -0.15) is 0 Å². The van der Waals surface area contributed by atoms with Crippen LogP contribution in [0.2, 0.25) is 0 Å². The number of phenolic OH excluding ortho intramolecular Hbond substituents is 1. The van der Waals surface area contributed by atoms with Gasteiger partial charge >= 0.3 is 5.97 Å². The summed E-state index contributed by atoms with van der Waals surface area (Å²) in [5.74, 6) is -20.0. The highest BCUT2D eigenvalue weighted by molar-refractivity contribution is 8.00. The zero-order chi connectivity index (χ0) is 102. The zero-order valence-corrected chi connectivity index (χ0v) is 80.1. The number of thioether (sulfide) groups is 1. The third-order valence-electron chi connectivity index (χ3n) is 25.0. The molecule has 44 nitrogen and oxygen atoms in total. The number of nitrogens with zero attached hydrogens (tertiary/aromatic N) is 7. The molecule has 0 aliphatic carbocycles. The highest BCUT2D eigenvalue weighted by Gasteiger charge is 2.47. The van der Waals surface area contributed by atoms with E-state index in [2.05, 4.69) is 63.1 Å². The number of unbranched alkanes of at least 4 members (excludes halogenated alkanes) is 2.